The zero-order chi connectivity index (χ0) is 13.2. The third-order valence-electron chi connectivity index (χ3n) is 2.89. The molecule has 0 saturated carbocycles. The Labute approximate surface area is 121 Å². The number of thiol groups is 1. The lowest BCUT2D eigenvalue weighted by molar-refractivity contribution is 0.475. The second-order valence-corrected chi connectivity index (χ2v) is 5.86. The largest absolute Gasteiger partial charge is 0.508 e. The summed E-state index contributed by atoms with van der Waals surface area (Å²) in [4.78, 5) is 3.33. The molecule has 0 bridgehead atoms. The normalized spacial score (nSPS) is 10.6. The maximum Gasteiger partial charge on any atom is 0.116 e. The van der Waals surface area contributed by atoms with Gasteiger partial charge in [0.15, 0.2) is 0 Å². The summed E-state index contributed by atoms with van der Waals surface area (Å²) in [6, 6.07) is 19.7. The van der Waals surface area contributed by atoms with Crippen molar-refractivity contribution in [2.75, 3.05) is 0 Å². The van der Waals surface area contributed by atoms with E-state index >= 15 is 0 Å². The Balaban J connectivity index is 1.97. The summed E-state index contributed by atoms with van der Waals surface area (Å²) in [5, 5.41) is 9.52. The van der Waals surface area contributed by atoms with Crippen LogP contribution in [0.15, 0.2) is 65.6 Å². The number of phenolic OH excluding ortho intramolecular Hbond substituents is 1. The van der Waals surface area contributed by atoms with Crippen LogP contribution in [0.4, 0.5) is 0 Å². The van der Waals surface area contributed by atoms with Gasteiger partial charge in [0.1, 0.15) is 5.75 Å². The lowest BCUT2D eigenvalue weighted by Gasteiger charge is -1.99. The monoisotopic (exact) mass is 284 g/mol. The van der Waals surface area contributed by atoms with Crippen LogP contribution in [0.3, 0.4) is 0 Å². The van der Waals surface area contributed by atoms with Crippen LogP contribution in [0.1, 0.15) is 0 Å². The van der Waals surface area contributed by atoms with Gasteiger partial charge in [0.05, 0.1) is 0 Å². The summed E-state index contributed by atoms with van der Waals surface area (Å²) in [6.45, 7) is 0. The molecule has 0 amide bonds. The molecule has 1 heterocycles. The topological polar surface area (TPSA) is 20.2 Å². The molecule has 0 spiro atoms. The van der Waals surface area contributed by atoms with E-state index in [2.05, 4.69) is 36.9 Å². The van der Waals surface area contributed by atoms with Crippen molar-refractivity contribution in [1.82, 2.24) is 0 Å². The van der Waals surface area contributed by atoms with E-state index in [-0.39, 0.29) is 0 Å². The summed E-state index contributed by atoms with van der Waals surface area (Å²) >= 11 is 6.01. The summed E-state index contributed by atoms with van der Waals surface area (Å²) in [7, 11) is 0. The van der Waals surface area contributed by atoms with Crippen LogP contribution >= 0.6 is 24.0 Å². The Hall–Kier alpha value is -1.71. The highest BCUT2D eigenvalue weighted by molar-refractivity contribution is 7.80. The Kier molecular flexibility index (Phi) is 3.32. The van der Waals surface area contributed by atoms with E-state index in [1.165, 1.54) is 10.4 Å². The van der Waals surface area contributed by atoms with Crippen molar-refractivity contribution in [3.8, 4) is 26.6 Å². The minimum absolute atomic E-state index is 0.298. The molecule has 0 fully saturated rings. The fourth-order valence-corrected chi connectivity index (χ4v) is 3.09. The highest BCUT2D eigenvalue weighted by Crippen LogP contribution is 2.35. The molecule has 0 atom stereocenters. The Morgan fingerprint density at radius 2 is 1.47 bits per heavy atom. The molecule has 3 rings (SSSR count). The van der Waals surface area contributed by atoms with Crippen LogP contribution in [0.5, 0.6) is 5.75 Å². The van der Waals surface area contributed by atoms with Gasteiger partial charge in [-0.1, -0.05) is 24.3 Å². The highest BCUT2D eigenvalue weighted by Gasteiger charge is 2.05. The molecule has 0 radical (unpaired) electrons. The number of benzene rings is 2. The molecule has 0 aliphatic heterocycles. The van der Waals surface area contributed by atoms with Crippen LogP contribution in [0.2, 0.25) is 0 Å². The minimum Gasteiger partial charge on any atom is -0.508 e. The predicted octanol–water partition coefficient (Wildman–Crippen LogP) is 5.08. The van der Waals surface area contributed by atoms with Crippen molar-refractivity contribution in [1.29, 1.82) is 0 Å². The first-order chi connectivity index (χ1) is 9.22. The second-order valence-electron chi connectivity index (χ2n) is 4.26. The molecule has 1 N–H and O–H groups in total. The number of hydrogen-bond acceptors (Lipinski definition) is 3. The van der Waals surface area contributed by atoms with Gasteiger partial charge in [-0.3, -0.25) is 0 Å². The molecule has 1 nitrogen and oxygen atoms in total. The molecule has 3 aromatic rings. The van der Waals surface area contributed by atoms with Gasteiger partial charge in [0.25, 0.3) is 0 Å². The number of rotatable bonds is 2. The lowest BCUT2D eigenvalue weighted by atomic mass is 10.1. The van der Waals surface area contributed by atoms with Crippen molar-refractivity contribution >= 4 is 24.0 Å². The molecular weight excluding hydrogens is 272 g/mol. The fourth-order valence-electron chi connectivity index (χ4n) is 1.93. The van der Waals surface area contributed by atoms with E-state index in [1.807, 2.05) is 24.3 Å². The van der Waals surface area contributed by atoms with Crippen molar-refractivity contribution in [2.45, 2.75) is 4.90 Å². The van der Waals surface area contributed by atoms with Crippen LogP contribution in [0.25, 0.3) is 20.9 Å². The third-order valence-corrected chi connectivity index (χ3v) is 4.37. The minimum atomic E-state index is 0.298. The number of phenols is 1. The van der Waals surface area contributed by atoms with Gasteiger partial charge in [-0.05, 0) is 47.5 Å². The maximum absolute atomic E-state index is 9.52. The van der Waals surface area contributed by atoms with E-state index in [4.69, 9.17) is 0 Å². The van der Waals surface area contributed by atoms with Crippen molar-refractivity contribution in [3.63, 3.8) is 0 Å². The quantitative estimate of drug-likeness (QED) is 0.629. The smallest absolute Gasteiger partial charge is 0.116 e. The second kappa shape index (κ2) is 5.11. The molecule has 0 aliphatic carbocycles. The van der Waals surface area contributed by atoms with E-state index in [1.54, 1.807) is 23.5 Å². The van der Waals surface area contributed by atoms with E-state index in [0.717, 1.165) is 15.3 Å². The summed E-state index contributed by atoms with van der Waals surface area (Å²) in [5.41, 5.74) is 2.23. The van der Waals surface area contributed by atoms with Crippen LogP contribution in [-0.2, 0) is 0 Å². The Morgan fingerprint density at radius 1 is 0.789 bits per heavy atom. The molecule has 94 valence electrons. The number of aromatic hydroxyl groups is 1. The van der Waals surface area contributed by atoms with Gasteiger partial charge in [-0.25, -0.2) is 0 Å². The van der Waals surface area contributed by atoms with Crippen molar-refractivity contribution in [2.24, 2.45) is 0 Å². The first-order valence-electron chi connectivity index (χ1n) is 5.91. The van der Waals surface area contributed by atoms with Crippen molar-refractivity contribution < 1.29 is 5.11 Å². The molecule has 1 aromatic heterocycles. The average Bonchev–Trinajstić information content (AvgIpc) is 2.89. The lowest BCUT2D eigenvalue weighted by Crippen LogP contribution is -1.71. The Bertz CT molecular complexity index is 699. The highest BCUT2D eigenvalue weighted by atomic mass is 32.1. The standard InChI is InChI=1S/C16H12OS2/c17-13-3-1-2-12(10-13)16-9-8-15(19-16)11-4-6-14(18)7-5-11/h1-10,17-18H. The Morgan fingerprint density at radius 3 is 2.16 bits per heavy atom. The third kappa shape index (κ3) is 2.67. The van der Waals surface area contributed by atoms with Gasteiger partial charge >= 0.3 is 0 Å². The fraction of sp³-hybridized carbons (Fsp3) is 0. The van der Waals surface area contributed by atoms with E-state index in [9.17, 15) is 5.11 Å². The van der Waals surface area contributed by atoms with Crippen LogP contribution in [-0.4, -0.2) is 5.11 Å². The van der Waals surface area contributed by atoms with Gasteiger partial charge in [-0.2, -0.15) is 0 Å². The first-order valence-corrected chi connectivity index (χ1v) is 7.17. The number of thiophene rings is 1. The van der Waals surface area contributed by atoms with Gasteiger partial charge in [0.2, 0.25) is 0 Å². The molecule has 2 aromatic carbocycles. The predicted molar refractivity (Wildman–Crippen MR) is 84.1 cm³/mol. The molecule has 0 saturated heterocycles. The van der Waals surface area contributed by atoms with Gasteiger partial charge in [0, 0.05) is 14.6 Å². The summed E-state index contributed by atoms with van der Waals surface area (Å²) < 4.78 is 0. The van der Waals surface area contributed by atoms with E-state index in [0.29, 0.717) is 5.75 Å². The van der Waals surface area contributed by atoms with Crippen LogP contribution < -0.4 is 0 Å². The molecular formula is C16H12OS2. The molecule has 0 unspecified atom stereocenters. The van der Waals surface area contributed by atoms with Gasteiger partial charge in [-0.15, -0.1) is 24.0 Å². The zero-order valence-electron chi connectivity index (χ0n) is 10.1. The molecule has 3 heteroatoms. The zero-order valence-corrected chi connectivity index (χ0v) is 11.8. The SMILES string of the molecule is Oc1cccc(-c2ccc(-c3ccc(S)cc3)s2)c1. The maximum atomic E-state index is 9.52. The van der Waals surface area contributed by atoms with Crippen molar-refractivity contribution in [3.05, 3.63) is 60.7 Å². The van der Waals surface area contributed by atoms with Crippen LogP contribution in [0, 0.1) is 0 Å². The summed E-state index contributed by atoms with van der Waals surface area (Å²) in [5.74, 6) is 0.298. The summed E-state index contributed by atoms with van der Waals surface area (Å²) in [6.07, 6.45) is 0. The average molecular weight is 284 g/mol. The number of hydrogen-bond donors (Lipinski definition) is 2. The molecule has 0 aliphatic rings. The molecule has 19 heavy (non-hydrogen) atoms. The van der Waals surface area contributed by atoms with E-state index < -0.39 is 0 Å². The first kappa shape index (κ1) is 12.3. The van der Waals surface area contributed by atoms with Gasteiger partial charge < -0.3 is 5.11 Å².